The van der Waals surface area contributed by atoms with E-state index in [4.69, 9.17) is 11.6 Å². The molecule has 0 bridgehead atoms. The molecule has 0 aliphatic rings. The van der Waals surface area contributed by atoms with Crippen LogP contribution in [0.3, 0.4) is 0 Å². The van der Waals surface area contributed by atoms with Gasteiger partial charge in [-0.2, -0.15) is 0 Å². The Balaban J connectivity index is 1.67. The molecule has 1 amide bonds. The van der Waals surface area contributed by atoms with Crippen molar-refractivity contribution in [3.8, 4) is 0 Å². The lowest BCUT2D eigenvalue weighted by molar-refractivity contribution is 0.102. The first kappa shape index (κ1) is 19.8. The van der Waals surface area contributed by atoms with Gasteiger partial charge < -0.3 is 10.6 Å². The Morgan fingerprint density at radius 1 is 1.00 bits per heavy atom. The van der Waals surface area contributed by atoms with Gasteiger partial charge in [-0.3, -0.25) is 4.79 Å². The van der Waals surface area contributed by atoms with E-state index >= 15 is 0 Å². The minimum Gasteiger partial charge on any atom is -0.324 e. The Morgan fingerprint density at radius 3 is 2.25 bits per heavy atom. The summed E-state index contributed by atoms with van der Waals surface area (Å²) in [5, 5.41) is 6.54. The lowest BCUT2D eigenvalue weighted by Gasteiger charge is -2.19. The van der Waals surface area contributed by atoms with Crippen LogP contribution in [-0.4, -0.2) is 15.9 Å². The number of aromatic nitrogens is 2. The van der Waals surface area contributed by atoms with Gasteiger partial charge in [-0.25, -0.2) is 9.97 Å². The van der Waals surface area contributed by atoms with Gasteiger partial charge in [0.1, 0.15) is 0 Å². The molecule has 0 atom stereocenters. The maximum atomic E-state index is 12.4. The molecule has 3 rings (SSSR count). The fourth-order valence-corrected chi connectivity index (χ4v) is 2.79. The van der Waals surface area contributed by atoms with Crippen molar-refractivity contribution in [2.24, 2.45) is 0 Å². The number of halogens is 1. The molecule has 0 unspecified atom stereocenters. The largest absolute Gasteiger partial charge is 0.324 e. The molecule has 0 aliphatic carbocycles. The summed E-state index contributed by atoms with van der Waals surface area (Å²) >= 11 is 5.99. The van der Waals surface area contributed by atoms with E-state index in [1.54, 1.807) is 12.1 Å². The number of benzene rings is 2. The molecule has 0 radical (unpaired) electrons. The zero-order chi connectivity index (χ0) is 20.3. The third kappa shape index (κ3) is 4.87. The van der Waals surface area contributed by atoms with Crippen LogP contribution < -0.4 is 10.6 Å². The summed E-state index contributed by atoms with van der Waals surface area (Å²) in [7, 11) is 0. The standard InChI is InChI=1S/C22H23ClN4O/c1-14-5-8-17(23)11-19(14)27-20(28)15-12-24-21(25-13-15)26-18-9-6-16(7-10-18)22(2,3)4/h5-13H,1-4H3,(H,27,28)(H,24,25,26). The Bertz CT molecular complexity index is 977. The van der Waals surface area contributed by atoms with Gasteiger partial charge >= 0.3 is 0 Å². The first-order valence-electron chi connectivity index (χ1n) is 8.99. The van der Waals surface area contributed by atoms with E-state index in [9.17, 15) is 4.79 Å². The molecular formula is C22H23ClN4O. The van der Waals surface area contributed by atoms with Crippen molar-refractivity contribution < 1.29 is 4.79 Å². The molecule has 1 heterocycles. The fourth-order valence-electron chi connectivity index (χ4n) is 2.62. The van der Waals surface area contributed by atoms with Gasteiger partial charge in [-0.05, 0) is 47.7 Å². The zero-order valence-electron chi connectivity index (χ0n) is 16.4. The lowest BCUT2D eigenvalue weighted by atomic mass is 9.87. The predicted molar refractivity (Wildman–Crippen MR) is 115 cm³/mol. The Labute approximate surface area is 170 Å². The van der Waals surface area contributed by atoms with Gasteiger partial charge in [0.2, 0.25) is 5.95 Å². The van der Waals surface area contributed by atoms with Gasteiger partial charge in [-0.15, -0.1) is 0 Å². The second-order valence-electron chi connectivity index (χ2n) is 7.66. The average molecular weight is 395 g/mol. The highest BCUT2D eigenvalue weighted by Gasteiger charge is 2.13. The van der Waals surface area contributed by atoms with Gasteiger partial charge in [0.05, 0.1) is 5.56 Å². The minimum atomic E-state index is -0.286. The Kier molecular flexibility index (Phi) is 5.66. The molecule has 0 fully saturated rings. The number of hydrogen-bond donors (Lipinski definition) is 2. The van der Waals surface area contributed by atoms with E-state index < -0.39 is 0 Å². The molecule has 0 saturated carbocycles. The summed E-state index contributed by atoms with van der Waals surface area (Å²) in [6, 6.07) is 13.5. The number of aryl methyl sites for hydroxylation is 1. The number of amides is 1. The van der Waals surface area contributed by atoms with Crippen LogP contribution in [0.2, 0.25) is 5.02 Å². The van der Waals surface area contributed by atoms with Gasteiger partial charge in [0.15, 0.2) is 0 Å². The molecule has 6 heteroatoms. The second-order valence-corrected chi connectivity index (χ2v) is 8.10. The summed E-state index contributed by atoms with van der Waals surface area (Å²) in [6.07, 6.45) is 2.99. The van der Waals surface area contributed by atoms with E-state index in [1.165, 1.54) is 18.0 Å². The van der Waals surface area contributed by atoms with Crippen LogP contribution in [0.4, 0.5) is 17.3 Å². The van der Waals surface area contributed by atoms with Crippen LogP contribution in [0.25, 0.3) is 0 Å². The summed E-state index contributed by atoms with van der Waals surface area (Å²) in [5.74, 6) is 0.144. The minimum absolute atomic E-state index is 0.103. The van der Waals surface area contributed by atoms with Crippen molar-refractivity contribution in [1.29, 1.82) is 0 Å². The van der Waals surface area contributed by atoms with E-state index in [0.717, 1.165) is 11.3 Å². The number of carbonyl (C=O) groups excluding carboxylic acids is 1. The molecule has 3 aromatic rings. The topological polar surface area (TPSA) is 66.9 Å². The number of nitrogens with one attached hydrogen (secondary N) is 2. The average Bonchev–Trinajstić information content (AvgIpc) is 2.65. The summed E-state index contributed by atoms with van der Waals surface area (Å²) in [5.41, 5.74) is 4.20. The number of rotatable bonds is 4. The molecule has 1 aromatic heterocycles. The SMILES string of the molecule is Cc1ccc(Cl)cc1NC(=O)c1cnc(Nc2ccc(C(C)(C)C)cc2)nc1. The van der Waals surface area contributed by atoms with E-state index in [-0.39, 0.29) is 11.3 Å². The fraction of sp³-hybridized carbons (Fsp3) is 0.227. The molecule has 5 nitrogen and oxygen atoms in total. The molecule has 28 heavy (non-hydrogen) atoms. The lowest BCUT2D eigenvalue weighted by Crippen LogP contribution is -2.14. The van der Waals surface area contributed by atoms with Crippen molar-refractivity contribution in [3.05, 3.63) is 76.6 Å². The van der Waals surface area contributed by atoms with E-state index in [2.05, 4.69) is 53.5 Å². The van der Waals surface area contributed by atoms with Crippen molar-refractivity contribution >= 4 is 34.8 Å². The summed E-state index contributed by atoms with van der Waals surface area (Å²) in [6.45, 7) is 8.42. The first-order chi connectivity index (χ1) is 13.2. The van der Waals surface area contributed by atoms with Gasteiger partial charge in [0.25, 0.3) is 5.91 Å². The number of carbonyl (C=O) groups is 1. The van der Waals surface area contributed by atoms with Crippen LogP contribution in [0, 0.1) is 6.92 Å². The third-order valence-corrected chi connectivity index (χ3v) is 4.60. The Morgan fingerprint density at radius 2 is 1.64 bits per heavy atom. The molecule has 2 N–H and O–H groups in total. The monoisotopic (exact) mass is 394 g/mol. The summed E-state index contributed by atoms with van der Waals surface area (Å²) in [4.78, 5) is 20.9. The van der Waals surface area contributed by atoms with Gasteiger partial charge in [-0.1, -0.05) is 50.6 Å². The maximum absolute atomic E-state index is 12.4. The van der Waals surface area contributed by atoms with Crippen molar-refractivity contribution in [1.82, 2.24) is 9.97 Å². The number of anilines is 3. The summed E-state index contributed by atoms with van der Waals surface area (Å²) < 4.78 is 0. The highest BCUT2D eigenvalue weighted by atomic mass is 35.5. The molecule has 144 valence electrons. The van der Waals surface area contributed by atoms with E-state index in [1.807, 2.05) is 25.1 Å². The third-order valence-electron chi connectivity index (χ3n) is 4.37. The normalized spacial score (nSPS) is 11.2. The van der Waals surface area contributed by atoms with Crippen LogP contribution >= 0.6 is 11.6 Å². The van der Waals surface area contributed by atoms with E-state index in [0.29, 0.717) is 22.2 Å². The van der Waals surface area contributed by atoms with Crippen molar-refractivity contribution in [2.75, 3.05) is 10.6 Å². The first-order valence-corrected chi connectivity index (χ1v) is 9.37. The number of nitrogens with zero attached hydrogens (tertiary/aromatic N) is 2. The quantitative estimate of drug-likeness (QED) is 0.592. The molecule has 0 spiro atoms. The molecule has 0 aliphatic heterocycles. The zero-order valence-corrected chi connectivity index (χ0v) is 17.1. The predicted octanol–water partition coefficient (Wildman–Crippen LogP) is 5.73. The van der Waals surface area contributed by atoms with Crippen LogP contribution in [0.1, 0.15) is 42.3 Å². The van der Waals surface area contributed by atoms with Crippen LogP contribution in [0.15, 0.2) is 54.9 Å². The maximum Gasteiger partial charge on any atom is 0.258 e. The molecule has 0 saturated heterocycles. The molecule has 2 aromatic carbocycles. The van der Waals surface area contributed by atoms with Crippen molar-refractivity contribution in [2.45, 2.75) is 33.1 Å². The number of hydrogen-bond acceptors (Lipinski definition) is 4. The van der Waals surface area contributed by atoms with Crippen LogP contribution in [0.5, 0.6) is 0 Å². The Hall–Kier alpha value is -2.92. The smallest absolute Gasteiger partial charge is 0.258 e. The van der Waals surface area contributed by atoms with Crippen LogP contribution in [-0.2, 0) is 5.41 Å². The highest BCUT2D eigenvalue weighted by molar-refractivity contribution is 6.31. The van der Waals surface area contributed by atoms with Crippen molar-refractivity contribution in [3.63, 3.8) is 0 Å². The molecular weight excluding hydrogens is 372 g/mol. The highest BCUT2D eigenvalue weighted by Crippen LogP contribution is 2.24. The van der Waals surface area contributed by atoms with Gasteiger partial charge in [0, 0.05) is 28.8 Å². The second kappa shape index (κ2) is 7.98.